The summed E-state index contributed by atoms with van der Waals surface area (Å²) in [5, 5.41) is 9.98. The fourth-order valence-electron chi connectivity index (χ4n) is 8.84. The number of carboxylic acids is 1. The van der Waals surface area contributed by atoms with Crippen molar-refractivity contribution in [3.63, 3.8) is 0 Å². The van der Waals surface area contributed by atoms with Gasteiger partial charge in [-0.15, -0.1) is 0 Å². The molecule has 4 saturated heterocycles. The predicted octanol–water partition coefficient (Wildman–Crippen LogP) is 7.39. The third-order valence-corrected chi connectivity index (χ3v) is 12.5. The first kappa shape index (κ1) is 41.8. The van der Waals surface area contributed by atoms with Crippen LogP contribution < -0.4 is 0 Å². The van der Waals surface area contributed by atoms with E-state index in [1.54, 1.807) is 76.2 Å². The van der Waals surface area contributed by atoms with Crippen LogP contribution in [-0.2, 0) is 42.7 Å². The molecule has 2 aromatic carbocycles. The molecule has 4 fully saturated rings. The molecule has 12 heteroatoms. The lowest BCUT2D eigenvalue weighted by atomic mass is 9.89. The van der Waals surface area contributed by atoms with Gasteiger partial charge in [0.1, 0.15) is 16.8 Å². The zero-order chi connectivity index (χ0) is 40.7. The summed E-state index contributed by atoms with van der Waals surface area (Å²) in [6.07, 6.45) is 1.88. The van der Waals surface area contributed by atoms with Gasteiger partial charge in [-0.3, -0.25) is 4.79 Å². The second-order valence-electron chi connectivity index (χ2n) is 18.0. The minimum atomic E-state index is -1.50. The Kier molecular flexibility index (Phi) is 11.6. The monoisotopic (exact) mass is 778 g/mol. The summed E-state index contributed by atoms with van der Waals surface area (Å²) in [4.78, 5) is 51.9. The molecule has 306 valence electrons. The fourth-order valence-corrected chi connectivity index (χ4v) is 8.84. The topological polar surface area (TPSA) is 153 Å². The molecular formula is C44H58O12. The number of aliphatic carboxylic acids is 1. The van der Waals surface area contributed by atoms with Gasteiger partial charge in [-0.2, -0.15) is 0 Å². The lowest BCUT2D eigenvalue weighted by Gasteiger charge is -2.39. The van der Waals surface area contributed by atoms with Crippen molar-refractivity contribution < 1.29 is 57.4 Å². The van der Waals surface area contributed by atoms with Gasteiger partial charge in [0.2, 0.25) is 0 Å². The van der Waals surface area contributed by atoms with Crippen LogP contribution in [0.4, 0.5) is 0 Å². The zero-order valence-corrected chi connectivity index (χ0v) is 34.0. The van der Waals surface area contributed by atoms with Crippen LogP contribution in [0.2, 0.25) is 0 Å². The van der Waals surface area contributed by atoms with Crippen molar-refractivity contribution in [2.45, 2.75) is 177 Å². The number of carboxylic acid groups (broad SMARTS) is 1. The van der Waals surface area contributed by atoms with Crippen molar-refractivity contribution in [3.05, 3.63) is 71.8 Å². The van der Waals surface area contributed by atoms with Crippen LogP contribution in [0.1, 0.15) is 134 Å². The van der Waals surface area contributed by atoms with Crippen molar-refractivity contribution in [2.75, 3.05) is 0 Å². The SMILES string of the molecule is CC(C)(OC(=O)c1ccccc1)[C@@H]1CC[C@](C)([C@H]2CC[C@@](C)([C@@H]3CC[C@@H]([C@](C)(CC(=O)O)OC(=O)[C@]4(C)CC[C@@H](C(C)(C)OC(=O)c5ccccc5)O4)O3)O2)O1. The highest BCUT2D eigenvalue weighted by atomic mass is 16.6. The molecule has 56 heavy (non-hydrogen) atoms. The first-order valence-corrected chi connectivity index (χ1v) is 19.9. The molecule has 0 spiro atoms. The summed E-state index contributed by atoms with van der Waals surface area (Å²) < 4.78 is 44.3. The molecule has 0 saturated carbocycles. The Morgan fingerprint density at radius 2 is 1.12 bits per heavy atom. The van der Waals surface area contributed by atoms with Gasteiger partial charge in [-0.05, 0) is 131 Å². The largest absolute Gasteiger partial charge is 0.481 e. The van der Waals surface area contributed by atoms with Gasteiger partial charge in [-0.25, -0.2) is 14.4 Å². The highest BCUT2D eigenvalue weighted by Crippen LogP contribution is 2.49. The van der Waals surface area contributed by atoms with Crippen LogP contribution in [-0.4, -0.2) is 93.1 Å². The van der Waals surface area contributed by atoms with Crippen LogP contribution in [0.5, 0.6) is 0 Å². The molecule has 4 aliphatic rings. The third kappa shape index (κ3) is 8.68. The first-order chi connectivity index (χ1) is 26.2. The summed E-state index contributed by atoms with van der Waals surface area (Å²) >= 11 is 0. The highest BCUT2D eigenvalue weighted by molar-refractivity contribution is 5.90. The average molecular weight is 779 g/mol. The lowest BCUT2D eigenvalue weighted by Crippen LogP contribution is -2.52. The van der Waals surface area contributed by atoms with E-state index in [0.29, 0.717) is 49.7 Å². The van der Waals surface area contributed by atoms with E-state index in [9.17, 15) is 24.3 Å². The van der Waals surface area contributed by atoms with Gasteiger partial charge in [0.25, 0.3) is 0 Å². The highest BCUT2D eigenvalue weighted by Gasteiger charge is 2.58. The van der Waals surface area contributed by atoms with E-state index in [1.165, 1.54) is 0 Å². The summed E-state index contributed by atoms with van der Waals surface area (Å²) in [7, 11) is 0. The van der Waals surface area contributed by atoms with Crippen molar-refractivity contribution in [3.8, 4) is 0 Å². The molecule has 4 heterocycles. The van der Waals surface area contributed by atoms with Crippen molar-refractivity contribution in [1.82, 2.24) is 0 Å². The Morgan fingerprint density at radius 1 is 0.625 bits per heavy atom. The molecule has 0 unspecified atom stereocenters. The number of rotatable bonds is 13. The predicted molar refractivity (Wildman–Crippen MR) is 204 cm³/mol. The van der Waals surface area contributed by atoms with Gasteiger partial charge in [-0.1, -0.05) is 36.4 Å². The van der Waals surface area contributed by atoms with Crippen molar-refractivity contribution in [2.24, 2.45) is 0 Å². The Morgan fingerprint density at radius 3 is 1.68 bits per heavy atom. The van der Waals surface area contributed by atoms with Crippen LogP contribution in [0.3, 0.4) is 0 Å². The molecule has 0 bridgehead atoms. The quantitative estimate of drug-likeness (QED) is 0.159. The van der Waals surface area contributed by atoms with E-state index in [2.05, 4.69) is 0 Å². The van der Waals surface area contributed by atoms with Crippen LogP contribution in [0.15, 0.2) is 60.7 Å². The maximum Gasteiger partial charge on any atom is 0.338 e. The molecule has 4 aliphatic heterocycles. The second-order valence-corrected chi connectivity index (χ2v) is 18.0. The number of hydrogen-bond acceptors (Lipinski definition) is 11. The van der Waals surface area contributed by atoms with Crippen LogP contribution in [0, 0.1) is 0 Å². The standard InChI is InChI=1S/C44H58O12/c1-39(2,54-36(47)28-15-11-9-12-16-28)30-21-24-42(6,51-30)34-23-25-41(5,53-34)32-19-20-33(50-32)44(8,27-35(45)46)56-38(49)43(7)26-22-31(52-43)40(3,4)55-37(48)29-17-13-10-14-18-29/h9-18,30-34H,19-27H2,1-8H3,(H,45,46)/t30-,31-,32-,33-,34+,41-,42+,43-,44-/m0/s1. The number of ether oxygens (including phenoxy) is 7. The fraction of sp³-hybridized carbons (Fsp3) is 0.636. The summed E-state index contributed by atoms with van der Waals surface area (Å²) in [6.45, 7) is 14.5. The molecular weight excluding hydrogens is 720 g/mol. The van der Waals surface area contributed by atoms with Crippen LogP contribution in [0.25, 0.3) is 0 Å². The van der Waals surface area contributed by atoms with Crippen LogP contribution >= 0.6 is 0 Å². The van der Waals surface area contributed by atoms with E-state index < -0.39 is 76.1 Å². The van der Waals surface area contributed by atoms with Gasteiger partial charge >= 0.3 is 23.9 Å². The van der Waals surface area contributed by atoms with E-state index >= 15 is 0 Å². The third-order valence-electron chi connectivity index (χ3n) is 12.5. The van der Waals surface area contributed by atoms with Crippen molar-refractivity contribution >= 4 is 23.9 Å². The molecule has 9 atom stereocenters. The number of carbonyl (C=O) groups excluding carboxylic acids is 3. The Balaban J connectivity index is 1.06. The molecule has 2 aromatic rings. The number of esters is 3. The van der Waals surface area contributed by atoms with Crippen molar-refractivity contribution in [1.29, 1.82) is 0 Å². The number of hydrogen-bond donors (Lipinski definition) is 1. The number of benzene rings is 2. The summed E-state index contributed by atoms with van der Waals surface area (Å²) in [6, 6.07) is 17.6. The van der Waals surface area contributed by atoms with E-state index in [0.717, 1.165) is 12.8 Å². The maximum absolute atomic E-state index is 13.9. The average Bonchev–Trinajstić information content (AvgIpc) is 3.96. The molecule has 0 radical (unpaired) electrons. The maximum atomic E-state index is 13.9. The zero-order valence-electron chi connectivity index (χ0n) is 34.0. The Bertz CT molecular complexity index is 1760. The van der Waals surface area contributed by atoms with Gasteiger partial charge in [0, 0.05) is 0 Å². The van der Waals surface area contributed by atoms with Gasteiger partial charge in [0.05, 0.1) is 59.3 Å². The minimum Gasteiger partial charge on any atom is -0.481 e. The smallest absolute Gasteiger partial charge is 0.338 e. The Hall–Kier alpha value is -3.84. The van der Waals surface area contributed by atoms with Gasteiger partial charge < -0.3 is 38.3 Å². The molecule has 6 rings (SSSR count). The first-order valence-electron chi connectivity index (χ1n) is 19.9. The second kappa shape index (κ2) is 15.5. The molecule has 0 amide bonds. The Labute approximate surface area is 329 Å². The van der Waals surface area contributed by atoms with Gasteiger partial charge in [0.15, 0.2) is 5.60 Å². The molecule has 12 nitrogen and oxygen atoms in total. The minimum absolute atomic E-state index is 0.243. The molecule has 0 aliphatic carbocycles. The molecule has 1 N–H and O–H groups in total. The molecule has 0 aromatic heterocycles. The summed E-state index contributed by atoms with van der Waals surface area (Å²) in [5.41, 5.74) is -5.23. The normalized spacial score (nSPS) is 33.1. The summed E-state index contributed by atoms with van der Waals surface area (Å²) in [5.74, 6) is -2.71. The lowest BCUT2D eigenvalue weighted by molar-refractivity contribution is -0.216. The van der Waals surface area contributed by atoms with E-state index in [4.69, 9.17) is 33.2 Å². The number of carbonyl (C=O) groups is 4. The van der Waals surface area contributed by atoms with E-state index in [1.807, 2.05) is 39.8 Å². The van der Waals surface area contributed by atoms with E-state index in [-0.39, 0.29) is 18.3 Å².